The highest BCUT2D eigenvalue weighted by atomic mass is 16.2. The molecule has 2 heterocycles. The summed E-state index contributed by atoms with van der Waals surface area (Å²) in [6, 6.07) is 13.8. The van der Waals surface area contributed by atoms with Gasteiger partial charge in [-0.15, -0.1) is 0 Å². The minimum absolute atomic E-state index is 0.153. The number of pyridine rings is 1. The summed E-state index contributed by atoms with van der Waals surface area (Å²) in [5, 5.41) is 3.66. The van der Waals surface area contributed by atoms with Crippen LogP contribution in [0.2, 0.25) is 0 Å². The van der Waals surface area contributed by atoms with Crippen LogP contribution in [0.5, 0.6) is 0 Å². The third kappa shape index (κ3) is 4.90. The lowest BCUT2D eigenvalue weighted by Crippen LogP contribution is -2.45. The van der Waals surface area contributed by atoms with Crippen LogP contribution >= 0.6 is 0 Å². The fraction of sp³-hybridized carbons (Fsp3) is 0.348. The van der Waals surface area contributed by atoms with E-state index >= 15 is 0 Å². The average Bonchev–Trinajstić information content (AvgIpc) is 2.72. The zero-order valence-corrected chi connectivity index (χ0v) is 17.2. The number of nitrogens with one attached hydrogen (secondary N) is 2. The molecular weight excluding hydrogens is 364 g/mol. The van der Waals surface area contributed by atoms with E-state index < -0.39 is 5.69 Å². The van der Waals surface area contributed by atoms with Crippen LogP contribution in [-0.4, -0.2) is 21.1 Å². The van der Waals surface area contributed by atoms with Crippen molar-refractivity contribution in [3.05, 3.63) is 98.6 Å². The highest BCUT2D eigenvalue weighted by Gasteiger charge is 2.32. The first-order chi connectivity index (χ1) is 13.9. The van der Waals surface area contributed by atoms with Crippen molar-refractivity contribution in [2.75, 3.05) is 6.54 Å². The van der Waals surface area contributed by atoms with Crippen LogP contribution in [0, 0.1) is 5.92 Å². The molecule has 3 aromatic rings. The van der Waals surface area contributed by atoms with E-state index in [1.165, 1.54) is 28.0 Å². The summed E-state index contributed by atoms with van der Waals surface area (Å²) in [7, 11) is 0. The zero-order chi connectivity index (χ0) is 20.9. The molecule has 6 heteroatoms. The first-order valence-corrected chi connectivity index (χ1v) is 9.95. The summed E-state index contributed by atoms with van der Waals surface area (Å²) in [6.07, 6.45) is 6.12. The van der Waals surface area contributed by atoms with Gasteiger partial charge < -0.3 is 5.32 Å². The number of aromatic amines is 1. The van der Waals surface area contributed by atoms with Crippen molar-refractivity contribution in [2.24, 2.45) is 5.92 Å². The zero-order valence-electron chi connectivity index (χ0n) is 17.2. The van der Waals surface area contributed by atoms with E-state index in [-0.39, 0.29) is 11.1 Å². The molecule has 152 valence electrons. The second-order valence-electron chi connectivity index (χ2n) is 7.63. The van der Waals surface area contributed by atoms with Crippen LogP contribution in [0.3, 0.4) is 0 Å². The summed E-state index contributed by atoms with van der Waals surface area (Å²) >= 11 is 0. The Hall–Kier alpha value is -2.99. The summed E-state index contributed by atoms with van der Waals surface area (Å²) < 4.78 is 1.49. The molecule has 6 nitrogen and oxygen atoms in total. The molecule has 0 spiro atoms. The standard InChI is InChI=1S/C23H28N4O2/c1-4-25-23(3,20-9-12-24-13-10-20)17(2)15-18-5-7-19(8-6-18)16-27-14-11-21(28)26-22(27)29/h5-14,17,25H,4,15-16H2,1-3H3,(H,26,28,29). The van der Waals surface area contributed by atoms with Crippen molar-refractivity contribution < 1.29 is 0 Å². The third-order valence-electron chi connectivity index (χ3n) is 5.62. The maximum Gasteiger partial charge on any atom is 0.328 e. The fourth-order valence-electron chi connectivity index (χ4n) is 3.73. The van der Waals surface area contributed by atoms with E-state index in [0.717, 1.165) is 18.5 Å². The molecule has 0 aliphatic carbocycles. The Kier molecular flexibility index (Phi) is 6.44. The number of rotatable bonds is 8. The lowest BCUT2D eigenvalue weighted by molar-refractivity contribution is 0.251. The molecule has 0 aliphatic rings. The average molecular weight is 393 g/mol. The summed E-state index contributed by atoms with van der Waals surface area (Å²) in [5.74, 6) is 0.359. The van der Waals surface area contributed by atoms with Gasteiger partial charge in [-0.3, -0.25) is 19.3 Å². The van der Waals surface area contributed by atoms with Crippen molar-refractivity contribution in [1.82, 2.24) is 19.9 Å². The molecule has 2 aromatic heterocycles. The molecule has 0 fully saturated rings. The van der Waals surface area contributed by atoms with Gasteiger partial charge in [0, 0.05) is 30.2 Å². The normalized spacial score (nSPS) is 14.3. The van der Waals surface area contributed by atoms with Gasteiger partial charge in [0.1, 0.15) is 0 Å². The van der Waals surface area contributed by atoms with Gasteiger partial charge in [0.25, 0.3) is 5.56 Å². The number of aromatic nitrogens is 3. The molecule has 2 atom stereocenters. The molecule has 0 bridgehead atoms. The Balaban J connectivity index is 1.74. The molecule has 1 aromatic carbocycles. The first kappa shape index (κ1) is 20.7. The van der Waals surface area contributed by atoms with E-state index in [4.69, 9.17) is 0 Å². The maximum atomic E-state index is 11.9. The summed E-state index contributed by atoms with van der Waals surface area (Å²) in [5.41, 5.74) is 2.56. The molecule has 0 radical (unpaired) electrons. The second-order valence-corrected chi connectivity index (χ2v) is 7.63. The lowest BCUT2D eigenvalue weighted by atomic mass is 9.77. The predicted molar refractivity (Wildman–Crippen MR) is 115 cm³/mol. The summed E-state index contributed by atoms with van der Waals surface area (Å²) in [6.45, 7) is 7.94. The molecular formula is C23H28N4O2. The minimum atomic E-state index is -0.394. The van der Waals surface area contributed by atoms with Gasteiger partial charge in [0.2, 0.25) is 0 Å². The van der Waals surface area contributed by atoms with E-state index in [0.29, 0.717) is 12.5 Å². The van der Waals surface area contributed by atoms with Gasteiger partial charge in [0.05, 0.1) is 6.54 Å². The van der Waals surface area contributed by atoms with Crippen LogP contribution in [0.1, 0.15) is 37.5 Å². The number of hydrogen-bond donors (Lipinski definition) is 2. The van der Waals surface area contributed by atoms with Crippen LogP contribution in [0.25, 0.3) is 0 Å². The Bertz CT molecular complexity index is 1040. The van der Waals surface area contributed by atoms with Gasteiger partial charge >= 0.3 is 5.69 Å². The van der Waals surface area contributed by atoms with E-state index in [1.807, 2.05) is 24.5 Å². The number of hydrogen-bond acceptors (Lipinski definition) is 4. The van der Waals surface area contributed by atoms with Gasteiger partial charge in [-0.1, -0.05) is 38.1 Å². The van der Waals surface area contributed by atoms with E-state index in [1.54, 1.807) is 0 Å². The monoisotopic (exact) mass is 392 g/mol. The Morgan fingerprint density at radius 3 is 2.34 bits per heavy atom. The van der Waals surface area contributed by atoms with Crippen molar-refractivity contribution >= 4 is 0 Å². The lowest BCUT2D eigenvalue weighted by Gasteiger charge is -2.37. The first-order valence-electron chi connectivity index (χ1n) is 9.95. The number of benzene rings is 1. The van der Waals surface area contributed by atoms with E-state index in [2.05, 4.69) is 60.3 Å². The van der Waals surface area contributed by atoms with Crippen LogP contribution in [0.15, 0.2) is 70.6 Å². The highest BCUT2D eigenvalue weighted by Crippen LogP contribution is 2.31. The fourth-order valence-corrected chi connectivity index (χ4v) is 3.73. The SMILES string of the molecule is CCNC(C)(c1ccncc1)C(C)Cc1ccc(Cn2ccc(=O)[nH]c2=O)cc1. The molecule has 0 aliphatic heterocycles. The van der Waals surface area contributed by atoms with Crippen LogP contribution in [-0.2, 0) is 18.5 Å². The smallest absolute Gasteiger partial charge is 0.308 e. The molecule has 0 amide bonds. The van der Waals surface area contributed by atoms with Gasteiger partial charge in [-0.25, -0.2) is 4.79 Å². The number of nitrogens with zero attached hydrogens (tertiary/aromatic N) is 2. The van der Waals surface area contributed by atoms with Gasteiger partial charge in [0.15, 0.2) is 0 Å². The highest BCUT2D eigenvalue weighted by molar-refractivity contribution is 5.26. The van der Waals surface area contributed by atoms with Gasteiger partial charge in [-0.05, 0) is 54.6 Å². The minimum Gasteiger partial charge on any atom is -0.308 e. The quantitative estimate of drug-likeness (QED) is 0.618. The Morgan fingerprint density at radius 2 is 1.72 bits per heavy atom. The predicted octanol–water partition coefficient (Wildman–Crippen LogP) is 2.68. The van der Waals surface area contributed by atoms with Gasteiger partial charge in [-0.2, -0.15) is 0 Å². The Labute approximate surface area is 170 Å². The molecule has 29 heavy (non-hydrogen) atoms. The molecule has 0 saturated heterocycles. The van der Waals surface area contributed by atoms with Crippen LogP contribution < -0.4 is 16.6 Å². The Morgan fingerprint density at radius 1 is 1.07 bits per heavy atom. The maximum absolute atomic E-state index is 11.9. The second kappa shape index (κ2) is 9.01. The van der Waals surface area contributed by atoms with Crippen molar-refractivity contribution in [3.8, 4) is 0 Å². The largest absolute Gasteiger partial charge is 0.328 e. The van der Waals surface area contributed by atoms with E-state index in [9.17, 15) is 9.59 Å². The summed E-state index contributed by atoms with van der Waals surface area (Å²) in [4.78, 5) is 29.5. The third-order valence-corrected chi connectivity index (χ3v) is 5.62. The van der Waals surface area contributed by atoms with Crippen molar-refractivity contribution in [3.63, 3.8) is 0 Å². The molecule has 2 N–H and O–H groups in total. The van der Waals surface area contributed by atoms with Crippen LogP contribution in [0.4, 0.5) is 0 Å². The molecule has 3 rings (SSSR count). The van der Waals surface area contributed by atoms with Crippen molar-refractivity contribution in [1.29, 1.82) is 0 Å². The van der Waals surface area contributed by atoms with Crippen molar-refractivity contribution in [2.45, 2.75) is 39.3 Å². The topological polar surface area (TPSA) is 79.8 Å². The number of H-pyrrole nitrogens is 1. The molecule has 2 unspecified atom stereocenters. The molecule has 0 saturated carbocycles.